The zero-order valence-electron chi connectivity index (χ0n) is 31.1. The minimum absolute atomic E-state index is 0.0260. The molecule has 0 bridgehead atoms. The first-order chi connectivity index (χ1) is 23.7. The quantitative estimate of drug-likeness (QED) is 0.0246. The molecule has 0 radical (unpaired) electrons. The van der Waals surface area contributed by atoms with Crippen LogP contribution in [-0.2, 0) is 14.2 Å². The maximum absolute atomic E-state index is 10.9. The van der Waals surface area contributed by atoms with Crippen LogP contribution in [0.5, 0.6) is 0 Å². The molecule has 0 aromatic rings. The number of unbranched alkanes of at least 4 members (excludes halogenated alkanes) is 1. The molecule has 302 valence electrons. The molecule has 16 nitrogen and oxygen atoms in total. The number of aliphatic hydroxyl groups is 3. The van der Waals surface area contributed by atoms with Crippen molar-refractivity contribution in [3.63, 3.8) is 0 Å². The van der Waals surface area contributed by atoms with Crippen LogP contribution in [0.2, 0.25) is 12.1 Å². The van der Waals surface area contributed by atoms with Gasteiger partial charge < -0.3 is 68.9 Å². The number of ether oxygens (including phenoxy) is 3. The zero-order valence-corrected chi connectivity index (χ0v) is 33.1. The number of nitrogens with one attached hydrogen (secondary N) is 2. The van der Waals surface area contributed by atoms with E-state index < -0.39 is 35.9 Å². The molecule has 4 atom stereocenters. The van der Waals surface area contributed by atoms with E-state index in [0.29, 0.717) is 45.2 Å². The molecule has 0 amide bonds. The second-order valence-corrected chi connectivity index (χ2v) is 17.5. The zero-order chi connectivity index (χ0) is 37.7. The number of rotatable bonds is 37. The van der Waals surface area contributed by atoms with Gasteiger partial charge >= 0.3 is 17.6 Å². The number of hydrogen-bond donors (Lipinski definition) is 11. The maximum atomic E-state index is 10.9. The van der Waals surface area contributed by atoms with Gasteiger partial charge in [-0.25, -0.2) is 0 Å². The summed E-state index contributed by atoms with van der Waals surface area (Å²) >= 11 is 0. The number of nitrogens with zero attached hydrogens (tertiary/aromatic N) is 2. The Bertz CT molecular complexity index is 727. The van der Waals surface area contributed by atoms with Crippen LogP contribution in [0.4, 0.5) is 0 Å². The molecule has 0 spiro atoms. The van der Waals surface area contributed by atoms with Crippen molar-refractivity contribution in [2.45, 2.75) is 96.1 Å². The molecule has 0 aromatic carbocycles. The Morgan fingerprint density at radius 2 is 1.02 bits per heavy atom. The van der Waals surface area contributed by atoms with E-state index in [9.17, 15) is 15.3 Å². The Hall–Kier alpha value is -0.206. The lowest BCUT2D eigenvalue weighted by atomic mass is 10.0. The molecule has 0 aliphatic rings. The van der Waals surface area contributed by atoms with Gasteiger partial charge in [0.1, 0.15) is 0 Å². The summed E-state index contributed by atoms with van der Waals surface area (Å²) in [6, 6.07) is -0.317. The first kappa shape index (κ1) is 49.8. The fourth-order valence-electron chi connectivity index (χ4n) is 5.26. The number of aliphatic hydroxyl groups excluding tert-OH is 3. The summed E-state index contributed by atoms with van der Waals surface area (Å²) in [5.74, 6) is 0.479. The highest BCUT2D eigenvalue weighted by atomic mass is 28.4. The molecule has 50 heavy (non-hydrogen) atoms. The fourth-order valence-corrected chi connectivity index (χ4v) is 6.50. The van der Waals surface area contributed by atoms with E-state index in [2.05, 4.69) is 36.3 Å². The molecule has 4 unspecified atom stereocenters. The van der Waals surface area contributed by atoms with E-state index in [4.69, 9.17) is 43.0 Å². The van der Waals surface area contributed by atoms with Gasteiger partial charge in [-0.05, 0) is 38.1 Å². The van der Waals surface area contributed by atoms with Crippen LogP contribution in [0, 0.1) is 5.92 Å². The molecule has 0 fully saturated rings. The molecule has 0 saturated carbocycles. The predicted octanol–water partition coefficient (Wildman–Crippen LogP) is -1.86. The maximum Gasteiger partial charge on any atom is 0.492 e. The van der Waals surface area contributed by atoms with E-state index in [1.807, 2.05) is 4.90 Å². The summed E-state index contributed by atoms with van der Waals surface area (Å²) in [5, 5.41) is 39.2. The Kier molecular flexibility index (Phi) is 31.0. The van der Waals surface area contributed by atoms with Crippen molar-refractivity contribution in [3.8, 4) is 0 Å². The van der Waals surface area contributed by atoms with Crippen molar-refractivity contribution < 1.29 is 58.3 Å². The highest BCUT2D eigenvalue weighted by molar-refractivity contribution is 6.56. The predicted molar refractivity (Wildman–Crippen MR) is 196 cm³/mol. The van der Waals surface area contributed by atoms with Gasteiger partial charge in [-0.1, -0.05) is 40.0 Å². The average Bonchev–Trinajstić information content (AvgIpc) is 3.03. The van der Waals surface area contributed by atoms with Gasteiger partial charge in [0.25, 0.3) is 0 Å². The first-order valence-electron chi connectivity index (χ1n) is 18.7. The molecular formula is C32H74N4O12Si2. The topological polar surface area (TPSA) is 240 Å². The molecule has 0 heterocycles. The van der Waals surface area contributed by atoms with E-state index in [0.717, 1.165) is 51.7 Å². The second-order valence-electron chi connectivity index (χ2n) is 13.4. The Labute approximate surface area is 303 Å². The summed E-state index contributed by atoms with van der Waals surface area (Å²) in [7, 11) is -8.28. The van der Waals surface area contributed by atoms with Crippen molar-refractivity contribution in [2.75, 3.05) is 105 Å². The minimum atomic E-state index is -4.14. The molecular weight excluding hydrogens is 689 g/mol. The van der Waals surface area contributed by atoms with Crippen LogP contribution in [0.15, 0.2) is 0 Å². The molecule has 11 N–H and O–H groups in total. The Morgan fingerprint density at radius 1 is 0.540 bits per heavy atom. The molecule has 0 rings (SSSR count). The summed E-state index contributed by atoms with van der Waals surface area (Å²) < 4.78 is 16.9. The van der Waals surface area contributed by atoms with Gasteiger partial charge in [-0.15, -0.1) is 0 Å². The van der Waals surface area contributed by atoms with Gasteiger partial charge in [0.2, 0.25) is 0 Å². The smallest absolute Gasteiger partial charge is 0.390 e. The average molecular weight is 763 g/mol. The normalized spacial score (nSPS) is 15.2. The van der Waals surface area contributed by atoms with Gasteiger partial charge in [0.15, 0.2) is 0 Å². The summed E-state index contributed by atoms with van der Waals surface area (Å²) in [4.78, 5) is 59.0. The van der Waals surface area contributed by atoms with Crippen LogP contribution in [0.1, 0.15) is 65.7 Å². The van der Waals surface area contributed by atoms with Crippen LogP contribution in [-0.4, -0.2) is 195 Å². The van der Waals surface area contributed by atoms with E-state index in [1.54, 1.807) is 0 Å². The Balaban J connectivity index is 5.27. The van der Waals surface area contributed by atoms with Crippen molar-refractivity contribution in [1.82, 2.24) is 20.4 Å². The van der Waals surface area contributed by atoms with Crippen LogP contribution < -0.4 is 10.6 Å². The van der Waals surface area contributed by atoms with Crippen LogP contribution >= 0.6 is 0 Å². The highest BCUT2D eigenvalue weighted by Gasteiger charge is 2.26. The van der Waals surface area contributed by atoms with Crippen molar-refractivity contribution in [2.24, 2.45) is 5.92 Å². The van der Waals surface area contributed by atoms with Crippen LogP contribution in [0.25, 0.3) is 0 Å². The van der Waals surface area contributed by atoms with Crippen molar-refractivity contribution >= 4 is 17.6 Å². The van der Waals surface area contributed by atoms with Gasteiger partial charge in [0, 0.05) is 90.8 Å². The van der Waals surface area contributed by atoms with Crippen molar-refractivity contribution in [3.05, 3.63) is 0 Å². The lowest BCUT2D eigenvalue weighted by Gasteiger charge is -2.31. The van der Waals surface area contributed by atoms with Gasteiger partial charge in [-0.3, -0.25) is 9.80 Å². The lowest BCUT2D eigenvalue weighted by Crippen LogP contribution is -2.47. The second kappa shape index (κ2) is 31.2. The molecule has 0 aromatic heterocycles. The van der Waals surface area contributed by atoms with E-state index in [-0.39, 0.29) is 71.1 Å². The van der Waals surface area contributed by atoms with E-state index >= 15 is 0 Å². The summed E-state index contributed by atoms with van der Waals surface area (Å²) in [6.45, 7) is 13.3. The largest absolute Gasteiger partial charge is 0.492 e. The molecule has 18 heteroatoms. The summed E-state index contributed by atoms with van der Waals surface area (Å²) in [5.41, 5.74) is 0. The van der Waals surface area contributed by atoms with Gasteiger partial charge in [0.05, 0.1) is 38.1 Å². The molecule has 0 aliphatic heterocycles. The monoisotopic (exact) mass is 762 g/mol. The fraction of sp³-hybridized carbons (Fsp3) is 1.00. The third-order valence-corrected chi connectivity index (χ3v) is 10.1. The SMILES string of the molecule is CCCCC(CC)COCC(O)CN(CCNCCNCCC)CCN(CC(O)COCCC[Si](O)(O)O)CC(O)COCCC[Si](O)(O)O. The molecule has 0 saturated heterocycles. The Morgan fingerprint density at radius 3 is 1.50 bits per heavy atom. The standard InChI is InChI=1S/C32H74N4O12Si2/c1-4-7-10-29(6-3)25-48-28-30(37)22-35(15-14-34-13-12-33-11-5-2)16-17-36(23-31(38)26-46-18-8-20-49(40,41)42)24-32(39)27-47-19-9-21-50(43,44)45/h29-34,37-45H,4-28H2,1-3H3. The minimum Gasteiger partial charge on any atom is -0.390 e. The molecule has 0 aliphatic carbocycles. The lowest BCUT2D eigenvalue weighted by molar-refractivity contribution is -0.0164. The van der Waals surface area contributed by atoms with Gasteiger partial charge in [-0.2, -0.15) is 0 Å². The van der Waals surface area contributed by atoms with Crippen LogP contribution in [0.3, 0.4) is 0 Å². The summed E-state index contributed by atoms with van der Waals surface area (Å²) in [6.07, 6.45) is 3.48. The van der Waals surface area contributed by atoms with E-state index in [1.165, 1.54) is 0 Å². The highest BCUT2D eigenvalue weighted by Crippen LogP contribution is 2.13. The number of hydrogen-bond acceptors (Lipinski definition) is 16. The third kappa shape index (κ3) is 33.6. The first-order valence-corrected chi connectivity index (χ1v) is 22.8. The third-order valence-electron chi connectivity index (χ3n) is 8.08. The van der Waals surface area contributed by atoms with Crippen molar-refractivity contribution in [1.29, 1.82) is 0 Å².